The predicted molar refractivity (Wildman–Crippen MR) is 114 cm³/mol. The van der Waals surface area contributed by atoms with Crippen molar-refractivity contribution in [2.45, 2.75) is 4.90 Å². The number of ether oxygens (including phenoxy) is 1. The molecule has 154 valence electrons. The Balaban J connectivity index is 1.71. The first-order valence-electron chi connectivity index (χ1n) is 8.88. The highest BCUT2D eigenvalue weighted by Gasteiger charge is 2.15. The molecule has 0 aliphatic heterocycles. The monoisotopic (exact) mass is 426 g/mol. The Bertz CT molecular complexity index is 1180. The number of nitrogens with one attached hydrogen (secondary N) is 2. The van der Waals surface area contributed by atoms with Crippen molar-refractivity contribution in [2.75, 3.05) is 17.1 Å². The van der Waals surface area contributed by atoms with Gasteiger partial charge in [0, 0.05) is 23.0 Å². The molecule has 0 radical (unpaired) electrons. The molecule has 0 atom stereocenters. The number of carbonyl (C=O) groups excluding carboxylic acids is 1. The third-order valence-electron chi connectivity index (χ3n) is 4.07. The highest BCUT2D eigenvalue weighted by Crippen LogP contribution is 2.21. The van der Waals surface area contributed by atoms with Crippen molar-refractivity contribution < 1.29 is 22.3 Å². The molecule has 1 amide bonds. The van der Waals surface area contributed by atoms with Gasteiger partial charge in [0.2, 0.25) is 5.91 Å². The minimum atomic E-state index is -3.86. The molecule has 0 aromatic heterocycles. The molecular formula is C22H19FN2O4S. The number of halogens is 1. The minimum Gasteiger partial charge on any atom is -0.497 e. The average Bonchev–Trinajstić information content (AvgIpc) is 2.74. The molecule has 8 heteroatoms. The van der Waals surface area contributed by atoms with E-state index in [-0.39, 0.29) is 16.1 Å². The summed E-state index contributed by atoms with van der Waals surface area (Å²) < 4.78 is 46.4. The smallest absolute Gasteiger partial charge is 0.261 e. The molecule has 3 aromatic rings. The minimum absolute atomic E-state index is 0.0193. The van der Waals surface area contributed by atoms with Gasteiger partial charge in [-0.3, -0.25) is 9.52 Å². The van der Waals surface area contributed by atoms with Crippen LogP contribution in [0.1, 0.15) is 5.56 Å². The number of rotatable bonds is 7. The van der Waals surface area contributed by atoms with Gasteiger partial charge in [-0.05, 0) is 54.6 Å². The van der Waals surface area contributed by atoms with Crippen molar-refractivity contribution >= 4 is 33.4 Å². The van der Waals surface area contributed by atoms with Crippen molar-refractivity contribution in [2.24, 2.45) is 0 Å². The Morgan fingerprint density at radius 2 is 1.70 bits per heavy atom. The first-order chi connectivity index (χ1) is 14.4. The Morgan fingerprint density at radius 1 is 0.967 bits per heavy atom. The summed E-state index contributed by atoms with van der Waals surface area (Å²) in [4.78, 5) is 12.1. The summed E-state index contributed by atoms with van der Waals surface area (Å²) in [6, 6.07) is 18.3. The highest BCUT2D eigenvalue weighted by atomic mass is 32.2. The number of carbonyl (C=O) groups is 1. The second-order valence-electron chi connectivity index (χ2n) is 6.21. The summed E-state index contributed by atoms with van der Waals surface area (Å²) in [5.74, 6) is -0.360. The molecule has 0 fully saturated rings. The number of hydrogen-bond donors (Lipinski definition) is 2. The third-order valence-corrected chi connectivity index (χ3v) is 5.45. The fraction of sp³-hybridized carbons (Fsp3) is 0.0455. The first-order valence-corrected chi connectivity index (χ1v) is 10.4. The van der Waals surface area contributed by atoms with Gasteiger partial charge in [-0.2, -0.15) is 0 Å². The summed E-state index contributed by atoms with van der Waals surface area (Å²) in [5.41, 5.74) is 0.932. The molecule has 3 rings (SSSR count). The van der Waals surface area contributed by atoms with Crippen LogP contribution in [-0.2, 0) is 14.8 Å². The molecule has 0 unspecified atom stereocenters. The van der Waals surface area contributed by atoms with E-state index >= 15 is 0 Å². The molecule has 0 spiro atoms. The number of amides is 1. The molecule has 0 heterocycles. The maximum Gasteiger partial charge on any atom is 0.261 e. The second-order valence-corrected chi connectivity index (χ2v) is 7.89. The molecule has 0 saturated heterocycles. The van der Waals surface area contributed by atoms with Crippen LogP contribution in [0.2, 0.25) is 0 Å². The lowest BCUT2D eigenvalue weighted by Crippen LogP contribution is -2.14. The van der Waals surface area contributed by atoms with E-state index in [9.17, 15) is 17.6 Å². The molecule has 0 saturated carbocycles. The van der Waals surface area contributed by atoms with Gasteiger partial charge in [0.15, 0.2) is 0 Å². The number of methoxy groups -OCH3 is 1. The third kappa shape index (κ3) is 5.45. The van der Waals surface area contributed by atoms with E-state index in [0.717, 1.165) is 0 Å². The van der Waals surface area contributed by atoms with Crippen LogP contribution in [-0.4, -0.2) is 21.4 Å². The SMILES string of the molecule is COc1ccc(NS(=O)(=O)c2cccc(NC(=O)/C=C/c3ccccc3F)c2)cc1. The van der Waals surface area contributed by atoms with Gasteiger partial charge >= 0.3 is 0 Å². The second kappa shape index (κ2) is 9.23. The molecular weight excluding hydrogens is 407 g/mol. The topological polar surface area (TPSA) is 84.5 Å². The highest BCUT2D eigenvalue weighted by molar-refractivity contribution is 7.92. The van der Waals surface area contributed by atoms with Crippen molar-refractivity contribution in [3.05, 3.63) is 90.3 Å². The maximum absolute atomic E-state index is 13.6. The van der Waals surface area contributed by atoms with Crippen molar-refractivity contribution in [3.8, 4) is 5.75 Å². The average molecular weight is 426 g/mol. The molecule has 0 aliphatic rings. The predicted octanol–water partition coefficient (Wildman–Crippen LogP) is 4.29. The molecule has 0 bridgehead atoms. The van der Waals surface area contributed by atoms with Gasteiger partial charge in [0.05, 0.1) is 12.0 Å². The Labute approximate surface area is 174 Å². The van der Waals surface area contributed by atoms with E-state index < -0.39 is 21.7 Å². The molecule has 0 aliphatic carbocycles. The zero-order chi connectivity index (χ0) is 21.6. The van der Waals surface area contributed by atoms with Crippen LogP contribution in [0, 0.1) is 5.82 Å². The van der Waals surface area contributed by atoms with Crippen LogP contribution >= 0.6 is 0 Å². The quantitative estimate of drug-likeness (QED) is 0.552. The van der Waals surface area contributed by atoms with Crippen molar-refractivity contribution in [3.63, 3.8) is 0 Å². The summed E-state index contributed by atoms with van der Waals surface area (Å²) in [5, 5.41) is 2.57. The van der Waals surface area contributed by atoms with Crippen LogP contribution < -0.4 is 14.8 Å². The molecule has 2 N–H and O–H groups in total. The van der Waals surface area contributed by atoms with E-state index in [1.165, 1.54) is 49.6 Å². The lowest BCUT2D eigenvalue weighted by atomic mass is 10.2. The number of anilines is 2. The zero-order valence-electron chi connectivity index (χ0n) is 16.0. The molecule has 30 heavy (non-hydrogen) atoms. The van der Waals surface area contributed by atoms with Crippen LogP contribution in [0.3, 0.4) is 0 Å². The lowest BCUT2D eigenvalue weighted by Gasteiger charge is -2.10. The summed E-state index contributed by atoms with van der Waals surface area (Å²) >= 11 is 0. The first kappa shape index (κ1) is 21.1. The standard InChI is InChI=1S/C22H19FN2O4S/c1-29-19-12-10-17(11-13-19)25-30(27,28)20-7-4-6-18(15-20)24-22(26)14-9-16-5-2-3-8-21(16)23/h2-15,25H,1H3,(H,24,26)/b14-9+. The largest absolute Gasteiger partial charge is 0.497 e. The zero-order valence-corrected chi connectivity index (χ0v) is 16.8. The van der Waals surface area contributed by atoms with E-state index in [1.54, 1.807) is 42.5 Å². The summed E-state index contributed by atoms with van der Waals surface area (Å²) in [6.45, 7) is 0. The Morgan fingerprint density at radius 3 is 2.40 bits per heavy atom. The van der Waals surface area contributed by atoms with Gasteiger partial charge in [-0.15, -0.1) is 0 Å². The van der Waals surface area contributed by atoms with Gasteiger partial charge < -0.3 is 10.1 Å². The van der Waals surface area contributed by atoms with Crippen LogP contribution in [0.25, 0.3) is 6.08 Å². The normalized spacial score (nSPS) is 11.3. The maximum atomic E-state index is 13.6. The fourth-order valence-corrected chi connectivity index (χ4v) is 3.68. The van der Waals surface area contributed by atoms with E-state index in [0.29, 0.717) is 11.4 Å². The van der Waals surface area contributed by atoms with E-state index in [1.807, 2.05) is 0 Å². The number of benzene rings is 3. The number of sulfonamides is 1. The van der Waals surface area contributed by atoms with E-state index in [2.05, 4.69) is 10.0 Å². The molecule has 6 nitrogen and oxygen atoms in total. The van der Waals surface area contributed by atoms with Gasteiger partial charge in [0.1, 0.15) is 11.6 Å². The molecule has 3 aromatic carbocycles. The Kier molecular flexibility index (Phi) is 6.48. The summed E-state index contributed by atoms with van der Waals surface area (Å²) in [6.07, 6.45) is 2.52. The van der Waals surface area contributed by atoms with Gasteiger partial charge in [-0.25, -0.2) is 12.8 Å². The Hall–Kier alpha value is -3.65. The van der Waals surface area contributed by atoms with Gasteiger partial charge in [0.25, 0.3) is 10.0 Å². The lowest BCUT2D eigenvalue weighted by molar-refractivity contribution is -0.111. The van der Waals surface area contributed by atoms with E-state index in [4.69, 9.17) is 4.74 Å². The van der Waals surface area contributed by atoms with Crippen molar-refractivity contribution in [1.29, 1.82) is 0 Å². The van der Waals surface area contributed by atoms with Crippen LogP contribution in [0.15, 0.2) is 83.8 Å². The summed E-state index contributed by atoms with van der Waals surface area (Å²) in [7, 11) is -2.34. The van der Waals surface area contributed by atoms with Crippen molar-refractivity contribution in [1.82, 2.24) is 0 Å². The fourth-order valence-electron chi connectivity index (χ4n) is 2.57. The number of hydrogen-bond acceptors (Lipinski definition) is 4. The van der Waals surface area contributed by atoms with Gasteiger partial charge in [-0.1, -0.05) is 24.3 Å². The van der Waals surface area contributed by atoms with Crippen LogP contribution in [0.4, 0.5) is 15.8 Å². The van der Waals surface area contributed by atoms with Crippen LogP contribution in [0.5, 0.6) is 5.75 Å².